The third-order valence-electron chi connectivity index (χ3n) is 2.41. The summed E-state index contributed by atoms with van der Waals surface area (Å²) in [5, 5.41) is 29.8. The number of carbonyl (C=O) groups is 2. The summed E-state index contributed by atoms with van der Waals surface area (Å²) < 4.78 is 0. The van der Waals surface area contributed by atoms with Gasteiger partial charge in [0.1, 0.15) is 6.04 Å². The molecule has 0 saturated carbocycles. The second kappa shape index (κ2) is 6.44. The van der Waals surface area contributed by atoms with Crippen molar-refractivity contribution in [1.82, 2.24) is 5.32 Å². The van der Waals surface area contributed by atoms with Crippen molar-refractivity contribution in [2.75, 3.05) is 0 Å². The molecule has 1 aromatic carbocycles. The van der Waals surface area contributed by atoms with Crippen LogP contribution < -0.4 is 5.32 Å². The van der Waals surface area contributed by atoms with Crippen molar-refractivity contribution in [3.05, 3.63) is 35.9 Å². The molecule has 1 unspecified atom stereocenters. The number of amides is 1. The molecule has 0 aliphatic rings. The predicted molar refractivity (Wildman–Crippen MR) is 67.9 cm³/mol. The Bertz CT molecular complexity index is 510. The van der Waals surface area contributed by atoms with Crippen LogP contribution in [0, 0.1) is 0 Å². The van der Waals surface area contributed by atoms with Crippen LogP contribution in [0.15, 0.2) is 30.4 Å². The zero-order valence-electron chi connectivity index (χ0n) is 10.3. The summed E-state index contributed by atoms with van der Waals surface area (Å²) in [5.74, 6) is -2.29. The van der Waals surface area contributed by atoms with Crippen LogP contribution in [0.3, 0.4) is 0 Å². The van der Waals surface area contributed by atoms with Gasteiger partial charge in [0.15, 0.2) is 11.5 Å². The lowest BCUT2D eigenvalue weighted by atomic mass is 10.1. The average Bonchev–Trinajstić information content (AvgIpc) is 2.33. The number of carbonyl (C=O) groups excluding carboxylic acids is 1. The van der Waals surface area contributed by atoms with Crippen molar-refractivity contribution in [3.63, 3.8) is 0 Å². The van der Waals surface area contributed by atoms with Gasteiger partial charge in [-0.15, -0.1) is 0 Å². The minimum absolute atomic E-state index is 0.00642. The smallest absolute Gasteiger partial charge is 0.326 e. The van der Waals surface area contributed by atoms with E-state index in [4.69, 9.17) is 10.2 Å². The topological polar surface area (TPSA) is 107 Å². The average molecular weight is 265 g/mol. The van der Waals surface area contributed by atoms with E-state index in [9.17, 15) is 14.7 Å². The number of rotatable bonds is 5. The number of phenolic OH excluding ortho intramolecular Hbond substituents is 2. The van der Waals surface area contributed by atoms with Crippen LogP contribution in [-0.2, 0) is 16.0 Å². The van der Waals surface area contributed by atoms with Gasteiger partial charge in [0, 0.05) is 6.42 Å². The number of allylic oxidation sites excluding steroid dienone is 1. The van der Waals surface area contributed by atoms with Crippen molar-refractivity contribution < 1.29 is 24.9 Å². The van der Waals surface area contributed by atoms with E-state index in [2.05, 4.69) is 5.32 Å². The van der Waals surface area contributed by atoms with Crippen molar-refractivity contribution in [2.45, 2.75) is 19.4 Å². The van der Waals surface area contributed by atoms with Crippen LogP contribution >= 0.6 is 0 Å². The molecule has 6 heteroatoms. The molecular formula is C13H15NO5. The van der Waals surface area contributed by atoms with E-state index in [1.54, 1.807) is 6.92 Å². The Balaban J connectivity index is 2.81. The molecule has 1 atom stereocenters. The molecule has 102 valence electrons. The van der Waals surface area contributed by atoms with E-state index in [0.29, 0.717) is 5.56 Å². The van der Waals surface area contributed by atoms with Gasteiger partial charge in [-0.2, -0.15) is 0 Å². The van der Waals surface area contributed by atoms with E-state index < -0.39 is 17.9 Å². The standard InChI is InChI=1S/C13H15NO5/c1-2-3-12(17)14-9(13(18)19)6-8-4-5-10(15)11(16)7-8/h2-5,7,9,15-16H,6H2,1H3,(H,14,17)(H,18,19). The van der Waals surface area contributed by atoms with Gasteiger partial charge in [-0.1, -0.05) is 12.1 Å². The Morgan fingerprint density at radius 2 is 2.00 bits per heavy atom. The quantitative estimate of drug-likeness (QED) is 0.465. The van der Waals surface area contributed by atoms with Gasteiger partial charge >= 0.3 is 5.97 Å². The van der Waals surface area contributed by atoms with Gasteiger partial charge in [-0.3, -0.25) is 4.79 Å². The SMILES string of the molecule is CC=CC(=O)NC(Cc1ccc(O)c(O)c1)C(=O)O. The highest BCUT2D eigenvalue weighted by Crippen LogP contribution is 2.25. The van der Waals surface area contributed by atoms with Crippen molar-refractivity contribution >= 4 is 11.9 Å². The number of aliphatic carboxylic acids is 1. The lowest BCUT2D eigenvalue weighted by Gasteiger charge is -2.13. The van der Waals surface area contributed by atoms with Crippen LogP contribution in [0.1, 0.15) is 12.5 Å². The molecule has 1 rings (SSSR count). The van der Waals surface area contributed by atoms with E-state index in [0.717, 1.165) is 0 Å². The third-order valence-corrected chi connectivity index (χ3v) is 2.41. The second-order valence-electron chi connectivity index (χ2n) is 3.93. The molecule has 4 N–H and O–H groups in total. The normalized spacial score (nSPS) is 12.3. The molecule has 0 aromatic heterocycles. The number of hydrogen-bond donors (Lipinski definition) is 4. The number of carboxylic acids is 1. The summed E-state index contributed by atoms with van der Waals surface area (Å²) >= 11 is 0. The van der Waals surface area contributed by atoms with Crippen molar-refractivity contribution in [1.29, 1.82) is 0 Å². The van der Waals surface area contributed by atoms with Crippen LogP contribution in [-0.4, -0.2) is 33.2 Å². The van der Waals surface area contributed by atoms with E-state index in [1.165, 1.54) is 30.4 Å². The van der Waals surface area contributed by atoms with Gasteiger partial charge in [0.05, 0.1) is 0 Å². The Morgan fingerprint density at radius 3 is 2.53 bits per heavy atom. The van der Waals surface area contributed by atoms with E-state index in [1.807, 2.05) is 0 Å². The number of carboxylic acid groups (broad SMARTS) is 1. The van der Waals surface area contributed by atoms with Crippen LogP contribution in [0.5, 0.6) is 11.5 Å². The molecule has 0 saturated heterocycles. The van der Waals surface area contributed by atoms with Gasteiger partial charge < -0.3 is 20.6 Å². The van der Waals surface area contributed by atoms with Gasteiger partial charge in [-0.05, 0) is 30.7 Å². The molecule has 0 bridgehead atoms. The minimum Gasteiger partial charge on any atom is -0.504 e. The summed E-state index contributed by atoms with van der Waals surface area (Å²) in [7, 11) is 0. The monoisotopic (exact) mass is 265 g/mol. The molecule has 6 nitrogen and oxygen atoms in total. The highest BCUT2D eigenvalue weighted by atomic mass is 16.4. The Labute approximate surface area is 110 Å². The highest BCUT2D eigenvalue weighted by molar-refractivity contribution is 5.91. The van der Waals surface area contributed by atoms with Crippen LogP contribution in [0.2, 0.25) is 0 Å². The minimum atomic E-state index is -1.18. The summed E-state index contributed by atoms with van der Waals surface area (Å²) in [6.45, 7) is 1.65. The van der Waals surface area contributed by atoms with Crippen molar-refractivity contribution in [3.8, 4) is 11.5 Å². The summed E-state index contributed by atoms with van der Waals surface area (Å²) in [4.78, 5) is 22.4. The summed E-state index contributed by atoms with van der Waals surface area (Å²) in [6.07, 6.45) is 2.73. The zero-order chi connectivity index (χ0) is 14.4. The first-order valence-electron chi connectivity index (χ1n) is 5.61. The lowest BCUT2D eigenvalue weighted by Crippen LogP contribution is -2.41. The Hall–Kier alpha value is -2.50. The van der Waals surface area contributed by atoms with Crippen LogP contribution in [0.4, 0.5) is 0 Å². The molecular weight excluding hydrogens is 250 g/mol. The molecule has 0 aliphatic heterocycles. The fourth-order valence-corrected chi connectivity index (χ4v) is 1.50. The fraction of sp³-hybridized carbons (Fsp3) is 0.231. The fourth-order valence-electron chi connectivity index (χ4n) is 1.50. The maximum absolute atomic E-state index is 11.3. The largest absolute Gasteiger partial charge is 0.504 e. The summed E-state index contributed by atoms with van der Waals surface area (Å²) in [5.41, 5.74) is 0.489. The van der Waals surface area contributed by atoms with E-state index in [-0.39, 0.29) is 17.9 Å². The maximum atomic E-state index is 11.3. The second-order valence-corrected chi connectivity index (χ2v) is 3.93. The molecule has 0 heterocycles. The number of phenols is 2. The first-order valence-corrected chi connectivity index (χ1v) is 5.61. The molecule has 0 aliphatic carbocycles. The van der Waals surface area contributed by atoms with Crippen LogP contribution in [0.25, 0.3) is 0 Å². The Kier molecular flexibility index (Phi) is 4.93. The number of nitrogens with one attached hydrogen (secondary N) is 1. The number of benzene rings is 1. The van der Waals surface area contributed by atoms with Gasteiger partial charge in [0.2, 0.25) is 5.91 Å². The maximum Gasteiger partial charge on any atom is 0.326 e. The van der Waals surface area contributed by atoms with Gasteiger partial charge in [0.25, 0.3) is 0 Å². The molecule has 19 heavy (non-hydrogen) atoms. The molecule has 1 amide bonds. The van der Waals surface area contributed by atoms with E-state index >= 15 is 0 Å². The number of aromatic hydroxyl groups is 2. The molecule has 0 fully saturated rings. The lowest BCUT2D eigenvalue weighted by molar-refractivity contribution is -0.141. The third kappa shape index (κ3) is 4.34. The first kappa shape index (κ1) is 14.6. The molecule has 1 aromatic rings. The predicted octanol–water partition coefficient (Wildman–Crippen LogP) is 0.786. The van der Waals surface area contributed by atoms with Crippen molar-refractivity contribution in [2.24, 2.45) is 0 Å². The first-order chi connectivity index (χ1) is 8.93. The highest BCUT2D eigenvalue weighted by Gasteiger charge is 2.19. The molecule has 0 spiro atoms. The Morgan fingerprint density at radius 1 is 1.32 bits per heavy atom. The summed E-state index contributed by atoms with van der Waals surface area (Å²) in [6, 6.07) is 2.89. The molecule has 0 radical (unpaired) electrons. The zero-order valence-corrected chi connectivity index (χ0v) is 10.3. The van der Waals surface area contributed by atoms with Gasteiger partial charge in [-0.25, -0.2) is 4.79 Å². The number of hydrogen-bond acceptors (Lipinski definition) is 4.